The Morgan fingerprint density at radius 3 is 2.38 bits per heavy atom. The maximum absolute atomic E-state index is 11.3. The van der Waals surface area contributed by atoms with Crippen molar-refractivity contribution >= 4 is 24.6 Å². The van der Waals surface area contributed by atoms with E-state index in [0.29, 0.717) is 18.3 Å². The third-order valence-electron chi connectivity index (χ3n) is 6.62. The second-order valence-electron chi connectivity index (χ2n) is 9.00. The molecule has 0 aliphatic heterocycles. The molecule has 1 aliphatic carbocycles. The summed E-state index contributed by atoms with van der Waals surface area (Å²) >= 11 is 0. The minimum absolute atomic E-state index is 0.0103. The lowest BCUT2D eigenvalue weighted by Gasteiger charge is -2.29. The summed E-state index contributed by atoms with van der Waals surface area (Å²) in [5, 5.41) is 3.36. The number of aromatic nitrogens is 4. The van der Waals surface area contributed by atoms with Gasteiger partial charge in [-0.1, -0.05) is 42.5 Å². The predicted octanol–water partition coefficient (Wildman–Crippen LogP) is 4.88. The number of benzene rings is 2. The molecule has 4 aromatic rings. The van der Waals surface area contributed by atoms with Gasteiger partial charge in [0.05, 0.1) is 6.16 Å². The molecular formula is C25H28N5O3P. The third kappa shape index (κ3) is 5.20. The quantitative estimate of drug-likeness (QED) is 0.325. The second kappa shape index (κ2) is 9.66. The van der Waals surface area contributed by atoms with Crippen molar-refractivity contribution in [2.45, 2.75) is 38.1 Å². The first kappa shape index (κ1) is 22.7. The number of anilines is 1. The minimum atomic E-state index is -3.93. The molecule has 0 bridgehead atoms. The summed E-state index contributed by atoms with van der Waals surface area (Å²) in [7, 11) is -3.93. The number of fused-ring (bicyclic) bond motifs is 1. The molecule has 0 unspecified atom stereocenters. The molecule has 5 rings (SSSR count). The fourth-order valence-corrected chi connectivity index (χ4v) is 5.89. The average molecular weight is 478 g/mol. The summed E-state index contributed by atoms with van der Waals surface area (Å²) in [6.45, 7) is 0.658. The Bertz CT molecular complexity index is 1300. The largest absolute Gasteiger partial charge is 0.364 e. The SMILES string of the molecule is O=P(O)(O)CC1CCC(c2ccc(-n3cnc4c(NCc5ccccc5)ncnc43)cc2)CC1. The molecule has 0 radical (unpaired) electrons. The highest BCUT2D eigenvalue weighted by Gasteiger charge is 2.27. The molecule has 176 valence electrons. The zero-order chi connectivity index (χ0) is 23.5. The molecule has 2 heterocycles. The summed E-state index contributed by atoms with van der Waals surface area (Å²) in [4.78, 5) is 31.9. The van der Waals surface area contributed by atoms with Crippen molar-refractivity contribution in [2.24, 2.45) is 5.92 Å². The monoisotopic (exact) mass is 477 g/mol. The van der Waals surface area contributed by atoms with E-state index >= 15 is 0 Å². The van der Waals surface area contributed by atoms with Crippen LogP contribution in [0.4, 0.5) is 5.82 Å². The van der Waals surface area contributed by atoms with E-state index in [-0.39, 0.29) is 12.1 Å². The van der Waals surface area contributed by atoms with E-state index < -0.39 is 7.60 Å². The third-order valence-corrected chi connectivity index (χ3v) is 7.61. The number of hydrogen-bond acceptors (Lipinski definition) is 5. The molecule has 0 atom stereocenters. The van der Waals surface area contributed by atoms with Gasteiger partial charge in [0.25, 0.3) is 0 Å². The first-order valence-electron chi connectivity index (χ1n) is 11.6. The van der Waals surface area contributed by atoms with Gasteiger partial charge in [0.1, 0.15) is 12.7 Å². The van der Waals surface area contributed by atoms with Crippen LogP contribution in [0.1, 0.15) is 42.7 Å². The van der Waals surface area contributed by atoms with Gasteiger partial charge in [0, 0.05) is 12.2 Å². The molecule has 0 spiro atoms. The van der Waals surface area contributed by atoms with Crippen molar-refractivity contribution in [3.8, 4) is 5.69 Å². The number of hydrogen-bond donors (Lipinski definition) is 3. The van der Waals surface area contributed by atoms with Crippen LogP contribution in [0.5, 0.6) is 0 Å². The Hall–Kier alpha value is -3.06. The number of imidazole rings is 1. The van der Waals surface area contributed by atoms with Gasteiger partial charge in [-0.25, -0.2) is 15.0 Å². The van der Waals surface area contributed by atoms with E-state index in [1.807, 2.05) is 22.8 Å². The summed E-state index contributed by atoms with van der Waals surface area (Å²) in [5.74, 6) is 1.26. The van der Waals surface area contributed by atoms with Crippen LogP contribution >= 0.6 is 7.60 Å². The van der Waals surface area contributed by atoms with Crippen LogP contribution in [0.3, 0.4) is 0 Å². The molecule has 1 saturated carbocycles. The van der Waals surface area contributed by atoms with Crippen molar-refractivity contribution in [3.05, 3.63) is 78.4 Å². The number of nitrogens with one attached hydrogen (secondary N) is 1. The van der Waals surface area contributed by atoms with Crippen LogP contribution in [-0.2, 0) is 11.1 Å². The predicted molar refractivity (Wildman–Crippen MR) is 132 cm³/mol. The number of nitrogens with zero attached hydrogens (tertiary/aromatic N) is 4. The highest BCUT2D eigenvalue weighted by molar-refractivity contribution is 7.51. The molecule has 1 fully saturated rings. The van der Waals surface area contributed by atoms with Crippen LogP contribution in [0, 0.1) is 5.92 Å². The molecule has 9 heteroatoms. The van der Waals surface area contributed by atoms with Crippen molar-refractivity contribution in [2.75, 3.05) is 11.5 Å². The van der Waals surface area contributed by atoms with Crippen LogP contribution in [0.2, 0.25) is 0 Å². The fourth-order valence-electron chi connectivity index (χ4n) is 4.86. The van der Waals surface area contributed by atoms with Gasteiger partial charge >= 0.3 is 7.60 Å². The summed E-state index contributed by atoms with van der Waals surface area (Å²) in [5.41, 5.74) is 4.89. The zero-order valence-electron chi connectivity index (χ0n) is 18.8. The molecule has 0 saturated heterocycles. The smallest absolute Gasteiger partial charge is 0.325 e. The van der Waals surface area contributed by atoms with E-state index in [2.05, 4.69) is 56.7 Å². The summed E-state index contributed by atoms with van der Waals surface area (Å²) in [6.07, 6.45) is 6.98. The fraction of sp³-hybridized carbons (Fsp3) is 0.320. The van der Waals surface area contributed by atoms with E-state index in [4.69, 9.17) is 0 Å². The van der Waals surface area contributed by atoms with Crippen molar-refractivity contribution in [3.63, 3.8) is 0 Å². The lowest BCUT2D eigenvalue weighted by molar-refractivity contribution is 0.316. The van der Waals surface area contributed by atoms with Gasteiger partial charge in [0.2, 0.25) is 0 Å². The average Bonchev–Trinajstić information content (AvgIpc) is 3.28. The molecule has 3 N–H and O–H groups in total. The van der Waals surface area contributed by atoms with Gasteiger partial charge in [0.15, 0.2) is 17.0 Å². The summed E-state index contributed by atoms with van der Waals surface area (Å²) in [6, 6.07) is 18.6. The van der Waals surface area contributed by atoms with E-state index in [1.165, 1.54) is 11.1 Å². The Balaban J connectivity index is 1.29. The van der Waals surface area contributed by atoms with Gasteiger partial charge in [-0.15, -0.1) is 0 Å². The molecular weight excluding hydrogens is 449 g/mol. The maximum Gasteiger partial charge on any atom is 0.325 e. The molecule has 2 aromatic carbocycles. The molecule has 1 aliphatic rings. The molecule has 0 amide bonds. The topological polar surface area (TPSA) is 113 Å². The lowest BCUT2D eigenvalue weighted by Crippen LogP contribution is -2.16. The van der Waals surface area contributed by atoms with Gasteiger partial charge in [-0.2, -0.15) is 0 Å². The van der Waals surface area contributed by atoms with E-state index in [0.717, 1.165) is 42.5 Å². The second-order valence-corrected chi connectivity index (χ2v) is 10.7. The van der Waals surface area contributed by atoms with Crippen molar-refractivity contribution < 1.29 is 14.4 Å². The Labute approximate surface area is 198 Å². The molecule has 2 aromatic heterocycles. The zero-order valence-corrected chi connectivity index (χ0v) is 19.7. The Morgan fingerprint density at radius 2 is 1.68 bits per heavy atom. The van der Waals surface area contributed by atoms with Crippen LogP contribution in [-0.4, -0.2) is 35.5 Å². The molecule has 34 heavy (non-hydrogen) atoms. The summed E-state index contributed by atoms with van der Waals surface area (Å²) < 4.78 is 13.3. The van der Waals surface area contributed by atoms with E-state index in [9.17, 15) is 14.4 Å². The van der Waals surface area contributed by atoms with Crippen LogP contribution < -0.4 is 5.32 Å². The minimum Gasteiger partial charge on any atom is -0.364 e. The van der Waals surface area contributed by atoms with Gasteiger partial charge in [-0.3, -0.25) is 9.13 Å². The number of rotatable bonds is 7. The highest BCUT2D eigenvalue weighted by Crippen LogP contribution is 2.44. The lowest BCUT2D eigenvalue weighted by atomic mass is 9.79. The molecule has 8 nitrogen and oxygen atoms in total. The Morgan fingerprint density at radius 1 is 0.941 bits per heavy atom. The normalized spacial score (nSPS) is 18.8. The first-order chi connectivity index (χ1) is 16.5. The van der Waals surface area contributed by atoms with E-state index in [1.54, 1.807) is 12.7 Å². The van der Waals surface area contributed by atoms with Crippen molar-refractivity contribution in [1.29, 1.82) is 0 Å². The highest BCUT2D eigenvalue weighted by atomic mass is 31.2. The maximum atomic E-state index is 11.3. The Kier molecular flexibility index (Phi) is 6.46. The van der Waals surface area contributed by atoms with Gasteiger partial charge in [-0.05, 0) is 60.8 Å². The van der Waals surface area contributed by atoms with Gasteiger partial charge < -0.3 is 15.1 Å². The van der Waals surface area contributed by atoms with Crippen LogP contribution in [0.15, 0.2) is 67.3 Å². The van der Waals surface area contributed by atoms with Crippen LogP contribution in [0.25, 0.3) is 16.9 Å². The first-order valence-corrected chi connectivity index (χ1v) is 13.4. The standard InChI is InChI=1S/C25H28N5O3P/c31-34(32,33)15-19-6-8-20(9-7-19)21-10-12-22(13-11-21)30-17-29-23-24(27-16-28-25(23)30)26-14-18-4-2-1-3-5-18/h1-5,10-13,16-17,19-20H,6-9,14-15H2,(H,26,27,28)(H2,31,32,33). The van der Waals surface area contributed by atoms with Crippen molar-refractivity contribution in [1.82, 2.24) is 19.5 Å².